The molecule has 19 heavy (non-hydrogen) atoms. The zero-order valence-electron chi connectivity index (χ0n) is 11.2. The molecule has 0 spiro atoms. The molecular formula is C15H19N3S. The molecule has 1 aromatic heterocycles. The van der Waals surface area contributed by atoms with Gasteiger partial charge in [0.2, 0.25) is 0 Å². The Balaban J connectivity index is 2.03. The number of para-hydroxylation sites is 1. The smallest absolute Gasteiger partial charge is 0.129 e. The van der Waals surface area contributed by atoms with E-state index in [1.807, 2.05) is 23.9 Å². The Morgan fingerprint density at radius 3 is 3.00 bits per heavy atom. The van der Waals surface area contributed by atoms with Gasteiger partial charge in [0.25, 0.3) is 0 Å². The first kappa shape index (κ1) is 12.8. The van der Waals surface area contributed by atoms with E-state index in [0.29, 0.717) is 12.6 Å². The SMILES string of the molecule is CN(c1cc(CN)c2ccccc2n1)C1CCSC1. The number of hydrogen-bond donors (Lipinski definition) is 1. The molecule has 1 aliphatic rings. The molecule has 2 N–H and O–H groups in total. The summed E-state index contributed by atoms with van der Waals surface area (Å²) in [5.41, 5.74) is 8.11. The molecule has 0 aliphatic carbocycles. The van der Waals surface area contributed by atoms with Crippen molar-refractivity contribution >= 4 is 28.5 Å². The van der Waals surface area contributed by atoms with Gasteiger partial charge < -0.3 is 10.6 Å². The van der Waals surface area contributed by atoms with Crippen LogP contribution in [0.25, 0.3) is 10.9 Å². The van der Waals surface area contributed by atoms with Gasteiger partial charge in [-0.3, -0.25) is 0 Å². The molecule has 1 fully saturated rings. The average Bonchev–Trinajstić information content (AvgIpc) is 2.99. The van der Waals surface area contributed by atoms with E-state index in [0.717, 1.165) is 11.3 Å². The molecule has 0 bridgehead atoms. The lowest BCUT2D eigenvalue weighted by molar-refractivity contribution is 0.692. The number of nitrogens with zero attached hydrogens (tertiary/aromatic N) is 2. The lowest BCUT2D eigenvalue weighted by Gasteiger charge is -2.25. The second-order valence-corrected chi connectivity index (χ2v) is 6.14. The summed E-state index contributed by atoms with van der Waals surface area (Å²) in [5, 5.41) is 1.17. The van der Waals surface area contributed by atoms with Crippen LogP contribution in [0.4, 0.5) is 5.82 Å². The molecule has 0 amide bonds. The van der Waals surface area contributed by atoms with Crippen molar-refractivity contribution in [3.05, 3.63) is 35.9 Å². The van der Waals surface area contributed by atoms with E-state index < -0.39 is 0 Å². The molecule has 3 rings (SSSR count). The first-order valence-corrected chi connectivity index (χ1v) is 7.84. The van der Waals surface area contributed by atoms with Gasteiger partial charge in [0, 0.05) is 30.8 Å². The van der Waals surface area contributed by atoms with Crippen LogP contribution < -0.4 is 10.6 Å². The van der Waals surface area contributed by atoms with Crippen LogP contribution >= 0.6 is 11.8 Å². The Kier molecular flexibility index (Phi) is 3.62. The van der Waals surface area contributed by atoms with Crippen LogP contribution in [0.1, 0.15) is 12.0 Å². The fourth-order valence-electron chi connectivity index (χ4n) is 2.60. The minimum atomic E-state index is 0.559. The summed E-state index contributed by atoms with van der Waals surface area (Å²) in [6.45, 7) is 0.559. The lowest BCUT2D eigenvalue weighted by Crippen LogP contribution is -2.32. The molecule has 1 unspecified atom stereocenters. The van der Waals surface area contributed by atoms with E-state index in [4.69, 9.17) is 10.7 Å². The van der Waals surface area contributed by atoms with Crippen LogP contribution in [-0.2, 0) is 6.54 Å². The Morgan fingerprint density at radius 1 is 1.42 bits per heavy atom. The topological polar surface area (TPSA) is 42.1 Å². The number of pyridine rings is 1. The highest BCUT2D eigenvalue weighted by Crippen LogP contribution is 2.27. The van der Waals surface area contributed by atoms with Crippen LogP contribution in [-0.4, -0.2) is 29.6 Å². The largest absolute Gasteiger partial charge is 0.356 e. The van der Waals surface area contributed by atoms with Crippen molar-refractivity contribution in [3.63, 3.8) is 0 Å². The van der Waals surface area contributed by atoms with Crippen molar-refractivity contribution in [3.8, 4) is 0 Å². The molecule has 3 nitrogen and oxygen atoms in total. The molecule has 1 saturated heterocycles. The van der Waals surface area contributed by atoms with Crippen molar-refractivity contribution < 1.29 is 0 Å². The maximum absolute atomic E-state index is 5.89. The van der Waals surface area contributed by atoms with Crippen LogP contribution in [0.15, 0.2) is 30.3 Å². The summed E-state index contributed by atoms with van der Waals surface area (Å²) >= 11 is 2.02. The Hall–Kier alpha value is -1.26. The number of hydrogen-bond acceptors (Lipinski definition) is 4. The van der Waals surface area contributed by atoms with Gasteiger partial charge in [0.05, 0.1) is 5.52 Å². The molecule has 1 aliphatic heterocycles. The third-order valence-corrected chi connectivity index (χ3v) is 4.97. The van der Waals surface area contributed by atoms with E-state index >= 15 is 0 Å². The molecule has 2 heterocycles. The number of nitrogens with two attached hydrogens (primary N) is 1. The normalized spacial score (nSPS) is 18.9. The van der Waals surface area contributed by atoms with Crippen molar-refractivity contribution in [1.82, 2.24) is 4.98 Å². The quantitative estimate of drug-likeness (QED) is 0.933. The highest BCUT2D eigenvalue weighted by Gasteiger charge is 2.21. The Bertz CT molecular complexity index is 579. The van der Waals surface area contributed by atoms with E-state index in [1.165, 1.54) is 28.9 Å². The monoisotopic (exact) mass is 273 g/mol. The van der Waals surface area contributed by atoms with Gasteiger partial charge in [0.15, 0.2) is 0 Å². The van der Waals surface area contributed by atoms with Crippen molar-refractivity contribution in [1.29, 1.82) is 0 Å². The Labute approximate surface area is 118 Å². The molecule has 1 atom stereocenters. The second-order valence-electron chi connectivity index (χ2n) is 4.99. The van der Waals surface area contributed by atoms with Gasteiger partial charge in [-0.25, -0.2) is 4.98 Å². The molecule has 1 aromatic carbocycles. The number of thioether (sulfide) groups is 1. The van der Waals surface area contributed by atoms with Gasteiger partial charge in [-0.2, -0.15) is 11.8 Å². The third kappa shape index (κ3) is 2.42. The van der Waals surface area contributed by atoms with Crippen molar-refractivity contribution in [2.75, 3.05) is 23.5 Å². The van der Waals surface area contributed by atoms with Gasteiger partial charge in [0.1, 0.15) is 5.82 Å². The number of aromatic nitrogens is 1. The van der Waals surface area contributed by atoms with Crippen LogP contribution in [0.2, 0.25) is 0 Å². The predicted octanol–water partition coefficient (Wildman–Crippen LogP) is 2.64. The molecular weight excluding hydrogens is 254 g/mol. The van der Waals surface area contributed by atoms with Crippen LogP contribution in [0.3, 0.4) is 0 Å². The summed E-state index contributed by atoms with van der Waals surface area (Å²) in [5.74, 6) is 3.50. The fourth-order valence-corrected chi connectivity index (χ4v) is 3.86. The zero-order valence-corrected chi connectivity index (χ0v) is 12.0. The summed E-state index contributed by atoms with van der Waals surface area (Å²) in [6.07, 6.45) is 1.24. The average molecular weight is 273 g/mol. The number of fused-ring (bicyclic) bond motifs is 1. The summed E-state index contributed by atoms with van der Waals surface area (Å²) in [6, 6.07) is 11.0. The molecule has 0 saturated carbocycles. The van der Waals surface area contributed by atoms with Gasteiger partial charge >= 0.3 is 0 Å². The maximum atomic E-state index is 5.89. The second kappa shape index (κ2) is 5.39. The molecule has 2 aromatic rings. The number of benzene rings is 1. The first-order valence-electron chi connectivity index (χ1n) is 6.69. The third-order valence-electron chi connectivity index (χ3n) is 3.82. The van der Waals surface area contributed by atoms with Crippen molar-refractivity contribution in [2.24, 2.45) is 5.73 Å². The van der Waals surface area contributed by atoms with Crippen LogP contribution in [0, 0.1) is 0 Å². The highest BCUT2D eigenvalue weighted by molar-refractivity contribution is 7.99. The standard InChI is InChI=1S/C15H19N3S/c1-18(12-6-7-19-10-12)15-8-11(9-16)13-4-2-3-5-14(13)17-15/h2-5,8,12H,6-7,9-10,16H2,1H3. The molecule has 0 radical (unpaired) electrons. The fraction of sp³-hybridized carbons (Fsp3) is 0.400. The van der Waals surface area contributed by atoms with E-state index in [1.54, 1.807) is 0 Å². The van der Waals surface area contributed by atoms with E-state index in [2.05, 4.69) is 30.1 Å². The van der Waals surface area contributed by atoms with E-state index in [-0.39, 0.29) is 0 Å². The summed E-state index contributed by atoms with van der Waals surface area (Å²) in [4.78, 5) is 7.10. The summed E-state index contributed by atoms with van der Waals surface area (Å²) in [7, 11) is 2.15. The van der Waals surface area contributed by atoms with E-state index in [9.17, 15) is 0 Å². The van der Waals surface area contributed by atoms with Gasteiger partial charge in [-0.15, -0.1) is 0 Å². The minimum Gasteiger partial charge on any atom is -0.356 e. The molecule has 100 valence electrons. The molecule has 4 heteroatoms. The first-order chi connectivity index (χ1) is 9.29. The lowest BCUT2D eigenvalue weighted by atomic mass is 10.1. The van der Waals surface area contributed by atoms with Gasteiger partial charge in [-0.1, -0.05) is 18.2 Å². The number of anilines is 1. The van der Waals surface area contributed by atoms with Gasteiger partial charge in [-0.05, 0) is 29.9 Å². The summed E-state index contributed by atoms with van der Waals surface area (Å²) < 4.78 is 0. The Morgan fingerprint density at radius 2 is 2.26 bits per heavy atom. The predicted molar refractivity (Wildman–Crippen MR) is 83.8 cm³/mol. The number of rotatable bonds is 3. The van der Waals surface area contributed by atoms with Crippen molar-refractivity contribution in [2.45, 2.75) is 19.0 Å². The highest BCUT2D eigenvalue weighted by atomic mass is 32.2. The maximum Gasteiger partial charge on any atom is 0.129 e. The van der Waals surface area contributed by atoms with Crippen LogP contribution in [0.5, 0.6) is 0 Å². The minimum absolute atomic E-state index is 0.559. The zero-order chi connectivity index (χ0) is 13.2.